The number of urea groups is 1. The molecule has 6 aromatic heterocycles. The van der Waals surface area contributed by atoms with Crippen LogP contribution in [0.3, 0.4) is 0 Å². The van der Waals surface area contributed by atoms with Crippen LogP contribution in [0, 0.1) is 0 Å². The van der Waals surface area contributed by atoms with E-state index in [2.05, 4.69) is 74.7 Å². The van der Waals surface area contributed by atoms with Crippen LogP contribution < -0.4 is 26.7 Å². The van der Waals surface area contributed by atoms with Crippen molar-refractivity contribution in [3.63, 3.8) is 0 Å². The Kier molecular flexibility index (Phi) is 12.1. The molecular weight excluding hydrogens is 723 g/mol. The van der Waals surface area contributed by atoms with E-state index < -0.39 is 13.1 Å². The number of anilines is 3. The molecule has 9 rings (SSSR count). The van der Waals surface area contributed by atoms with E-state index in [-0.39, 0.29) is 0 Å². The number of pyridine rings is 6. The topological polar surface area (TPSA) is 188 Å². The summed E-state index contributed by atoms with van der Waals surface area (Å²) in [6.45, 7) is 2.63. The number of hydrogen-bond acceptors (Lipinski definition) is 11. The molecule has 0 radical (unpaired) electrons. The Morgan fingerprint density at radius 2 is 1.25 bits per heavy atom. The van der Waals surface area contributed by atoms with Crippen LogP contribution >= 0.6 is 15.9 Å². The summed E-state index contributed by atoms with van der Waals surface area (Å²) < 4.78 is 1.06. The van der Waals surface area contributed by atoms with Crippen LogP contribution in [0.4, 0.5) is 22.2 Å². The van der Waals surface area contributed by atoms with Crippen molar-refractivity contribution in [3.05, 3.63) is 132 Å². The normalized spacial score (nSPS) is 12.9. The summed E-state index contributed by atoms with van der Waals surface area (Å²) in [6, 6.07) is 17.0. The Morgan fingerprint density at radius 3 is 1.79 bits per heavy atom. The van der Waals surface area contributed by atoms with E-state index in [1.54, 1.807) is 43.1 Å². The number of nitrogens with one attached hydrogen (secondary N) is 2. The first kappa shape index (κ1) is 36.0. The fourth-order valence-electron chi connectivity index (χ4n) is 5.72. The van der Waals surface area contributed by atoms with Gasteiger partial charge in [0.15, 0.2) is 0 Å². The van der Waals surface area contributed by atoms with Gasteiger partial charge in [0, 0.05) is 108 Å². The Morgan fingerprint density at radius 1 is 0.692 bits per heavy atom. The third-order valence-corrected chi connectivity index (χ3v) is 8.75. The molecule has 2 amide bonds. The number of nitrogens with two attached hydrogens (primary N) is 1. The zero-order chi connectivity index (χ0) is 36.3. The number of carbonyl (C=O) groups excluding carboxylic acids is 1. The van der Waals surface area contributed by atoms with Crippen molar-refractivity contribution in [2.75, 3.05) is 35.2 Å². The molecule has 0 aromatic carbocycles. The smallest absolute Gasteiger partial charge is 0.423 e. The minimum Gasteiger partial charge on any atom is -0.423 e. The van der Waals surface area contributed by atoms with Gasteiger partial charge >= 0.3 is 13.1 Å². The molecule has 0 bridgehead atoms. The number of rotatable bonds is 3. The van der Waals surface area contributed by atoms with Gasteiger partial charge in [-0.25, -0.2) is 19.7 Å². The average Bonchev–Trinajstić information content (AvgIpc) is 3.96. The summed E-state index contributed by atoms with van der Waals surface area (Å²) in [5.74, 6) is 2.75. The van der Waals surface area contributed by atoms with Gasteiger partial charge in [-0.1, -0.05) is 18.2 Å². The molecule has 0 spiro atoms. The summed E-state index contributed by atoms with van der Waals surface area (Å²) in [4.78, 5) is 37.5. The molecule has 0 unspecified atom stereocenters. The Labute approximate surface area is 309 Å². The van der Waals surface area contributed by atoms with Crippen LogP contribution in [0.1, 0.15) is 16.7 Å². The largest absolute Gasteiger partial charge is 0.490 e. The molecule has 6 N–H and O–H groups in total. The minimum absolute atomic E-state index is 0.414. The minimum atomic E-state index is -1.40. The lowest BCUT2D eigenvalue weighted by molar-refractivity contribution is 0.254. The summed E-state index contributed by atoms with van der Waals surface area (Å²) in [6.07, 6.45) is 18.6. The van der Waals surface area contributed by atoms with Crippen molar-refractivity contribution >= 4 is 52.0 Å². The van der Waals surface area contributed by atoms with E-state index in [4.69, 9.17) is 15.8 Å². The van der Waals surface area contributed by atoms with Crippen molar-refractivity contribution < 1.29 is 14.8 Å². The van der Waals surface area contributed by atoms with Crippen LogP contribution in [0.15, 0.2) is 115 Å². The van der Waals surface area contributed by atoms with Crippen molar-refractivity contribution in [2.45, 2.75) is 19.3 Å². The van der Waals surface area contributed by atoms with Crippen molar-refractivity contribution in [2.24, 2.45) is 5.73 Å². The predicted molar refractivity (Wildman–Crippen MR) is 206 cm³/mol. The zero-order valence-corrected chi connectivity index (χ0v) is 29.7. The molecule has 0 saturated carbocycles. The zero-order valence-electron chi connectivity index (χ0n) is 28.1. The van der Waals surface area contributed by atoms with Crippen molar-refractivity contribution in [3.8, 4) is 22.3 Å². The summed E-state index contributed by atoms with van der Waals surface area (Å²) in [5, 5.41) is 23.5. The van der Waals surface area contributed by atoms with Gasteiger partial charge < -0.3 is 26.4 Å². The van der Waals surface area contributed by atoms with E-state index in [1.165, 1.54) is 22.2 Å². The third kappa shape index (κ3) is 9.31. The summed E-state index contributed by atoms with van der Waals surface area (Å²) in [5.41, 5.74) is 13.7. The van der Waals surface area contributed by atoms with Gasteiger partial charge in [0.25, 0.3) is 0 Å². The highest BCUT2D eigenvalue weighted by molar-refractivity contribution is 9.10. The Bertz CT molecular complexity index is 2100. The Hall–Kier alpha value is -5.77. The van der Waals surface area contributed by atoms with Crippen molar-refractivity contribution in [1.29, 1.82) is 0 Å². The molecule has 3 aliphatic heterocycles. The fourth-order valence-corrected chi connectivity index (χ4v) is 6.10. The standard InChI is InChI=1S/C13H12N4O.C12H11N3.C7H7BrN2.C5H6BNO2/c14-13(18)17-5-3-9-6-11(8-16-12(9)17)10-2-1-4-15-7-10;1-2-10(7-13-4-1)11-6-9-3-5-14-12(9)15-8-11;8-6-3-5-1-2-9-7(5)10-4-6;8-6(9)5-2-1-3-7-4-5/h1-2,4,6-8H,3,5H2,(H2,14,18);1-2,4,6-8H,3,5H2,(H,14,15);3-4H,1-2H2,(H,9,10);1-4,8-9H. The van der Waals surface area contributed by atoms with Crippen LogP contribution in [0.25, 0.3) is 22.3 Å². The van der Waals surface area contributed by atoms with Gasteiger partial charge in [-0.05, 0) is 88.3 Å². The number of amides is 2. The van der Waals surface area contributed by atoms with E-state index in [0.717, 1.165) is 76.3 Å². The van der Waals surface area contributed by atoms with Crippen LogP contribution in [0.5, 0.6) is 0 Å². The number of carbonyl (C=O) groups is 1. The molecule has 0 atom stereocenters. The fraction of sp³-hybridized carbons (Fsp3) is 0.162. The maximum atomic E-state index is 11.2. The van der Waals surface area contributed by atoms with Gasteiger partial charge in [-0.15, -0.1) is 0 Å². The molecule has 262 valence electrons. The maximum Gasteiger partial charge on any atom is 0.490 e. The van der Waals surface area contributed by atoms with E-state index in [9.17, 15) is 4.79 Å². The number of fused-ring (bicyclic) bond motifs is 3. The maximum absolute atomic E-state index is 11.2. The van der Waals surface area contributed by atoms with Crippen LogP contribution in [-0.4, -0.2) is 72.7 Å². The lowest BCUT2D eigenvalue weighted by Gasteiger charge is -2.12. The number of nitrogens with zero attached hydrogens (tertiary/aromatic N) is 7. The van der Waals surface area contributed by atoms with Gasteiger partial charge in [0.05, 0.1) is 0 Å². The number of aromatic nitrogens is 6. The lowest BCUT2D eigenvalue weighted by atomic mass is 9.82. The molecule has 3 aliphatic rings. The SMILES string of the molecule is Brc1cnc2c(c1)CCN2.NC(=O)N1CCc2cc(-c3cccnc3)cnc21.OB(O)c1cccnc1.c1cncc(-c2cnc3c(c2)CCN3)c1. The van der Waals surface area contributed by atoms with Gasteiger partial charge in [0.2, 0.25) is 0 Å². The first-order valence-electron chi connectivity index (χ1n) is 16.6. The lowest BCUT2D eigenvalue weighted by Crippen LogP contribution is -2.34. The average molecular weight is 759 g/mol. The van der Waals surface area contributed by atoms with Crippen LogP contribution in [-0.2, 0) is 19.3 Å². The molecular formula is C37H36BBrN10O3. The molecule has 0 saturated heterocycles. The van der Waals surface area contributed by atoms with Gasteiger partial charge in [-0.3, -0.25) is 19.9 Å². The second-order valence-corrected chi connectivity index (χ2v) is 12.8. The number of hydrogen-bond donors (Lipinski definition) is 5. The molecule has 52 heavy (non-hydrogen) atoms. The number of primary amides is 1. The van der Waals surface area contributed by atoms with Crippen LogP contribution in [0.2, 0.25) is 0 Å². The molecule has 0 aliphatic carbocycles. The second-order valence-electron chi connectivity index (χ2n) is 11.8. The molecule has 13 nitrogen and oxygen atoms in total. The van der Waals surface area contributed by atoms with Crippen molar-refractivity contribution in [1.82, 2.24) is 29.9 Å². The van der Waals surface area contributed by atoms with Gasteiger partial charge in [0.1, 0.15) is 17.5 Å². The van der Waals surface area contributed by atoms with E-state index in [1.807, 2.05) is 42.9 Å². The first-order valence-corrected chi connectivity index (χ1v) is 17.4. The summed E-state index contributed by atoms with van der Waals surface area (Å²) in [7, 11) is -1.40. The third-order valence-electron chi connectivity index (χ3n) is 8.32. The summed E-state index contributed by atoms with van der Waals surface area (Å²) >= 11 is 3.37. The second kappa shape index (κ2) is 17.4. The predicted octanol–water partition coefficient (Wildman–Crippen LogP) is 4.27. The molecule has 9 heterocycles. The number of halogens is 1. The highest BCUT2D eigenvalue weighted by atomic mass is 79.9. The van der Waals surface area contributed by atoms with E-state index >= 15 is 0 Å². The molecule has 0 fully saturated rings. The Balaban J connectivity index is 0.000000124. The highest BCUT2D eigenvalue weighted by Gasteiger charge is 2.24. The monoisotopic (exact) mass is 758 g/mol. The first-order chi connectivity index (χ1) is 25.4. The highest BCUT2D eigenvalue weighted by Crippen LogP contribution is 2.29. The quantitative estimate of drug-likeness (QED) is 0.162. The van der Waals surface area contributed by atoms with Gasteiger partial charge in [-0.2, -0.15) is 0 Å². The van der Waals surface area contributed by atoms with E-state index in [0.29, 0.717) is 17.8 Å². The molecule has 15 heteroatoms. The molecule has 6 aromatic rings.